The lowest BCUT2D eigenvalue weighted by Gasteiger charge is -2.42. The van der Waals surface area contributed by atoms with Crippen LogP contribution in [0.15, 0.2) is 0 Å². The summed E-state index contributed by atoms with van der Waals surface area (Å²) in [5, 5.41) is 0. The molecule has 2 fully saturated rings. The second-order valence-corrected chi connectivity index (χ2v) is 5.97. The Bertz CT molecular complexity index is 232. The monoisotopic (exact) mass is 239 g/mol. The molecule has 2 N–H and O–H groups in total. The van der Waals surface area contributed by atoms with Crippen molar-refractivity contribution in [2.24, 2.45) is 5.73 Å². The lowest BCUT2D eigenvalue weighted by atomic mass is 10.1. The maximum atomic E-state index is 6.12. The highest BCUT2D eigenvalue weighted by Gasteiger charge is 2.33. The Balaban J connectivity index is 1.76. The van der Waals surface area contributed by atoms with Gasteiger partial charge in [0.1, 0.15) is 0 Å². The molecule has 0 amide bonds. The van der Waals surface area contributed by atoms with Gasteiger partial charge in [-0.15, -0.1) is 0 Å². The number of nitrogens with zero attached hydrogens (tertiary/aromatic N) is 2. The van der Waals surface area contributed by atoms with E-state index in [2.05, 4.69) is 23.6 Å². The maximum Gasteiger partial charge on any atom is 0.0224 e. The van der Waals surface area contributed by atoms with Crippen molar-refractivity contribution in [3.63, 3.8) is 0 Å². The molecule has 2 aliphatic rings. The highest BCUT2D eigenvalue weighted by molar-refractivity contribution is 4.90. The molecule has 3 heteroatoms. The molecule has 0 spiro atoms. The van der Waals surface area contributed by atoms with Crippen LogP contribution in [0.25, 0.3) is 0 Å². The molecular formula is C14H29N3. The summed E-state index contributed by atoms with van der Waals surface area (Å²) in [5.74, 6) is 0. The largest absolute Gasteiger partial charge is 0.328 e. The van der Waals surface area contributed by atoms with Crippen molar-refractivity contribution in [3.8, 4) is 0 Å². The average molecular weight is 239 g/mol. The third-order valence-corrected chi connectivity index (χ3v) is 4.51. The Labute approximate surface area is 106 Å². The fourth-order valence-electron chi connectivity index (χ4n) is 3.41. The zero-order valence-corrected chi connectivity index (χ0v) is 11.6. The van der Waals surface area contributed by atoms with Gasteiger partial charge in [-0.05, 0) is 39.2 Å². The summed E-state index contributed by atoms with van der Waals surface area (Å²) in [5.41, 5.74) is 6.12. The molecule has 0 bridgehead atoms. The zero-order valence-electron chi connectivity index (χ0n) is 11.6. The van der Waals surface area contributed by atoms with Crippen LogP contribution in [-0.2, 0) is 0 Å². The van der Waals surface area contributed by atoms with Crippen molar-refractivity contribution >= 4 is 0 Å². The van der Waals surface area contributed by atoms with Crippen LogP contribution < -0.4 is 5.73 Å². The number of nitrogens with two attached hydrogens (primary N) is 1. The van der Waals surface area contributed by atoms with Crippen LogP contribution in [0.5, 0.6) is 0 Å². The van der Waals surface area contributed by atoms with Gasteiger partial charge in [0, 0.05) is 37.8 Å². The fraction of sp³-hybridized carbons (Fsp3) is 1.00. The molecule has 2 heterocycles. The molecule has 2 aliphatic heterocycles. The maximum absolute atomic E-state index is 6.12. The van der Waals surface area contributed by atoms with Crippen molar-refractivity contribution in [2.45, 2.75) is 64.1 Å². The summed E-state index contributed by atoms with van der Waals surface area (Å²) >= 11 is 0. The third kappa shape index (κ3) is 3.43. The van der Waals surface area contributed by atoms with E-state index in [4.69, 9.17) is 5.73 Å². The van der Waals surface area contributed by atoms with Gasteiger partial charge < -0.3 is 5.73 Å². The first-order valence-corrected chi connectivity index (χ1v) is 7.44. The minimum absolute atomic E-state index is 0.411. The van der Waals surface area contributed by atoms with Crippen molar-refractivity contribution in [1.82, 2.24) is 9.80 Å². The van der Waals surface area contributed by atoms with E-state index in [1.807, 2.05) is 0 Å². The van der Waals surface area contributed by atoms with Crippen molar-refractivity contribution in [2.75, 3.05) is 26.2 Å². The molecule has 0 aromatic carbocycles. The van der Waals surface area contributed by atoms with Crippen molar-refractivity contribution in [1.29, 1.82) is 0 Å². The van der Waals surface area contributed by atoms with Gasteiger partial charge in [-0.2, -0.15) is 0 Å². The number of hydrogen-bond acceptors (Lipinski definition) is 3. The van der Waals surface area contributed by atoms with Gasteiger partial charge >= 0.3 is 0 Å². The van der Waals surface area contributed by atoms with E-state index in [1.54, 1.807) is 0 Å². The first kappa shape index (κ1) is 13.3. The Morgan fingerprint density at radius 3 is 2.88 bits per heavy atom. The molecule has 2 saturated heterocycles. The fourth-order valence-corrected chi connectivity index (χ4v) is 3.41. The van der Waals surface area contributed by atoms with Crippen LogP contribution in [-0.4, -0.2) is 54.1 Å². The Morgan fingerprint density at radius 1 is 1.29 bits per heavy atom. The molecule has 0 aromatic heterocycles. The quantitative estimate of drug-likeness (QED) is 0.792. The van der Waals surface area contributed by atoms with Crippen LogP contribution in [0.3, 0.4) is 0 Å². The molecule has 2 rings (SSSR count). The molecular weight excluding hydrogens is 210 g/mol. The minimum Gasteiger partial charge on any atom is -0.328 e. The lowest BCUT2D eigenvalue weighted by molar-refractivity contribution is 0.0573. The molecule has 100 valence electrons. The van der Waals surface area contributed by atoms with Crippen LogP contribution in [0.2, 0.25) is 0 Å². The highest BCUT2D eigenvalue weighted by Crippen LogP contribution is 2.24. The summed E-state index contributed by atoms with van der Waals surface area (Å²) in [6.45, 7) is 9.68. The lowest BCUT2D eigenvalue weighted by Crippen LogP contribution is -2.55. The first-order chi connectivity index (χ1) is 8.20. The predicted molar refractivity (Wildman–Crippen MR) is 73.1 cm³/mol. The van der Waals surface area contributed by atoms with Gasteiger partial charge in [0.25, 0.3) is 0 Å². The Morgan fingerprint density at radius 2 is 2.12 bits per heavy atom. The van der Waals surface area contributed by atoms with E-state index in [0.717, 1.165) is 12.1 Å². The molecule has 17 heavy (non-hydrogen) atoms. The summed E-state index contributed by atoms with van der Waals surface area (Å²) in [7, 11) is 0. The van der Waals surface area contributed by atoms with E-state index in [-0.39, 0.29) is 0 Å². The normalized spacial score (nSPS) is 32.6. The molecule has 0 aliphatic carbocycles. The number of fused-ring (bicyclic) bond motifs is 1. The molecule has 0 saturated carbocycles. The average Bonchev–Trinajstić information content (AvgIpc) is 2.73. The summed E-state index contributed by atoms with van der Waals surface area (Å²) in [6.07, 6.45) is 6.38. The highest BCUT2D eigenvalue weighted by atomic mass is 15.3. The molecule has 3 atom stereocenters. The Kier molecular flexibility index (Phi) is 4.83. The molecule has 0 aromatic rings. The van der Waals surface area contributed by atoms with E-state index in [9.17, 15) is 0 Å². The van der Waals surface area contributed by atoms with Gasteiger partial charge in [-0.3, -0.25) is 9.80 Å². The van der Waals surface area contributed by atoms with E-state index >= 15 is 0 Å². The first-order valence-electron chi connectivity index (χ1n) is 7.44. The van der Waals surface area contributed by atoms with Crippen LogP contribution in [0.1, 0.15) is 46.0 Å². The van der Waals surface area contributed by atoms with E-state index in [0.29, 0.717) is 6.04 Å². The van der Waals surface area contributed by atoms with Crippen LogP contribution >= 0.6 is 0 Å². The van der Waals surface area contributed by atoms with Gasteiger partial charge in [-0.1, -0.05) is 13.3 Å². The van der Waals surface area contributed by atoms with Crippen LogP contribution in [0, 0.1) is 0 Å². The van der Waals surface area contributed by atoms with E-state index in [1.165, 1.54) is 58.3 Å². The number of piperazine rings is 1. The number of hydrogen-bond donors (Lipinski definition) is 1. The smallest absolute Gasteiger partial charge is 0.0224 e. The second kappa shape index (κ2) is 6.17. The molecule has 3 nitrogen and oxygen atoms in total. The van der Waals surface area contributed by atoms with E-state index < -0.39 is 0 Å². The zero-order chi connectivity index (χ0) is 12.3. The number of rotatable bonds is 5. The summed E-state index contributed by atoms with van der Waals surface area (Å²) in [6, 6.07) is 1.97. The van der Waals surface area contributed by atoms with Crippen LogP contribution in [0.4, 0.5) is 0 Å². The van der Waals surface area contributed by atoms with Crippen molar-refractivity contribution in [3.05, 3.63) is 0 Å². The summed E-state index contributed by atoms with van der Waals surface area (Å²) in [4.78, 5) is 5.36. The standard InChI is InChI=1S/C14H29N3/c1-3-5-13(15)7-9-16-11-14-6-4-8-17(14)10-12(16)2/h12-14H,3-11,15H2,1-2H3. The van der Waals surface area contributed by atoms with Gasteiger partial charge in [0.2, 0.25) is 0 Å². The Hall–Kier alpha value is -0.120. The van der Waals surface area contributed by atoms with Gasteiger partial charge in [-0.25, -0.2) is 0 Å². The van der Waals surface area contributed by atoms with Crippen molar-refractivity contribution < 1.29 is 0 Å². The SMILES string of the molecule is CCCC(N)CCN1CC2CCCN2CC1C. The van der Waals surface area contributed by atoms with Gasteiger partial charge in [0.05, 0.1) is 0 Å². The third-order valence-electron chi connectivity index (χ3n) is 4.51. The molecule has 3 unspecified atom stereocenters. The molecule has 0 radical (unpaired) electrons. The minimum atomic E-state index is 0.411. The summed E-state index contributed by atoms with van der Waals surface area (Å²) < 4.78 is 0. The van der Waals surface area contributed by atoms with Gasteiger partial charge in [0.15, 0.2) is 0 Å². The predicted octanol–water partition coefficient (Wildman–Crippen LogP) is 1.67. The topological polar surface area (TPSA) is 32.5 Å². The second-order valence-electron chi connectivity index (χ2n) is 5.97.